The summed E-state index contributed by atoms with van der Waals surface area (Å²) in [5.74, 6) is 0.510. The first-order valence-corrected chi connectivity index (χ1v) is 8.84. The Labute approximate surface area is 125 Å². The monoisotopic (exact) mass is 297 g/mol. The van der Waals surface area contributed by atoms with Gasteiger partial charge in [-0.2, -0.15) is 0 Å². The summed E-state index contributed by atoms with van der Waals surface area (Å²) in [5.41, 5.74) is 2.22. The van der Waals surface area contributed by atoms with E-state index in [2.05, 4.69) is 31.3 Å². The third-order valence-corrected chi connectivity index (χ3v) is 4.99. The molecule has 2 N–H and O–H groups in total. The molecule has 1 aromatic rings. The van der Waals surface area contributed by atoms with Crippen LogP contribution in [0.1, 0.15) is 50.3 Å². The van der Waals surface area contributed by atoms with Crippen molar-refractivity contribution >= 4 is 10.8 Å². The molecule has 0 saturated carbocycles. The third kappa shape index (κ3) is 5.73. The van der Waals surface area contributed by atoms with Crippen LogP contribution in [0.25, 0.3) is 0 Å². The van der Waals surface area contributed by atoms with E-state index in [-0.39, 0.29) is 5.25 Å². The van der Waals surface area contributed by atoms with Crippen molar-refractivity contribution in [3.05, 3.63) is 35.4 Å². The lowest BCUT2D eigenvalue weighted by molar-refractivity contribution is 0.175. The Hall–Kier alpha value is -0.710. The molecule has 0 radical (unpaired) electrons. The van der Waals surface area contributed by atoms with Crippen LogP contribution in [0.15, 0.2) is 24.3 Å². The van der Waals surface area contributed by atoms with E-state index in [4.69, 9.17) is 0 Å². The van der Waals surface area contributed by atoms with Crippen LogP contribution in [0, 0.1) is 0 Å². The molecule has 114 valence electrons. The van der Waals surface area contributed by atoms with Gasteiger partial charge in [0, 0.05) is 28.9 Å². The summed E-state index contributed by atoms with van der Waals surface area (Å²) < 4.78 is 11.2. The summed E-state index contributed by atoms with van der Waals surface area (Å²) in [5, 5.41) is 13.5. The van der Waals surface area contributed by atoms with Gasteiger partial charge in [0.1, 0.15) is 0 Å². The van der Waals surface area contributed by atoms with Crippen molar-refractivity contribution in [3.8, 4) is 0 Å². The maximum absolute atomic E-state index is 11.2. The van der Waals surface area contributed by atoms with Gasteiger partial charge in [0.25, 0.3) is 0 Å². The second-order valence-electron chi connectivity index (χ2n) is 5.64. The van der Waals surface area contributed by atoms with Gasteiger partial charge in [-0.1, -0.05) is 45.0 Å². The summed E-state index contributed by atoms with van der Waals surface area (Å²) in [6.07, 6.45) is 2.11. The molecule has 0 aliphatic carbocycles. The Bertz CT molecular complexity index is 417. The maximum atomic E-state index is 11.2. The maximum Gasteiger partial charge on any atom is 0.0914 e. The molecule has 4 heteroatoms. The Morgan fingerprint density at radius 2 is 1.70 bits per heavy atom. The average molecular weight is 297 g/mol. The highest BCUT2D eigenvalue weighted by Gasteiger charge is 2.09. The van der Waals surface area contributed by atoms with Gasteiger partial charge in [-0.3, -0.25) is 4.21 Å². The van der Waals surface area contributed by atoms with Crippen molar-refractivity contribution in [2.75, 3.05) is 19.3 Å². The van der Waals surface area contributed by atoms with E-state index in [1.165, 1.54) is 5.56 Å². The lowest BCUT2D eigenvalue weighted by Crippen LogP contribution is -2.25. The van der Waals surface area contributed by atoms with Crippen molar-refractivity contribution < 1.29 is 9.32 Å². The van der Waals surface area contributed by atoms with Crippen LogP contribution in [0.5, 0.6) is 0 Å². The van der Waals surface area contributed by atoms with Crippen LogP contribution < -0.4 is 5.32 Å². The molecule has 0 fully saturated rings. The summed E-state index contributed by atoms with van der Waals surface area (Å²) >= 11 is 0. The van der Waals surface area contributed by atoms with Crippen LogP contribution in [-0.2, 0) is 10.8 Å². The van der Waals surface area contributed by atoms with E-state index in [9.17, 15) is 9.32 Å². The molecule has 1 aromatic carbocycles. The van der Waals surface area contributed by atoms with Crippen LogP contribution in [0.4, 0.5) is 0 Å². The van der Waals surface area contributed by atoms with Crippen molar-refractivity contribution in [2.24, 2.45) is 0 Å². The fourth-order valence-electron chi connectivity index (χ4n) is 1.93. The predicted molar refractivity (Wildman–Crippen MR) is 86.5 cm³/mol. The summed E-state index contributed by atoms with van der Waals surface area (Å²) in [6, 6.07) is 8.13. The van der Waals surface area contributed by atoms with E-state index in [1.54, 1.807) is 6.26 Å². The molecular formula is C16H27NO2S. The van der Waals surface area contributed by atoms with E-state index in [1.807, 2.05) is 19.1 Å². The molecule has 0 aliphatic rings. The minimum atomic E-state index is -0.770. The standard InChI is InChI=1S/C16H27NO2S/c1-12(2)14-5-7-15(8-6-14)16(18)11-17-10-9-13(3)20(4)19/h5-8,12-13,16-18H,9-11H2,1-4H3. The Kier molecular flexibility index (Phi) is 7.41. The molecule has 0 aliphatic heterocycles. The van der Waals surface area contributed by atoms with Gasteiger partial charge >= 0.3 is 0 Å². The normalized spacial score (nSPS) is 16.1. The van der Waals surface area contributed by atoms with E-state index < -0.39 is 16.9 Å². The molecule has 0 bridgehead atoms. The number of nitrogens with one attached hydrogen (secondary N) is 1. The zero-order valence-corrected chi connectivity index (χ0v) is 13.7. The van der Waals surface area contributed by atoms with Gasteiger partial charge in [-0.05, 0) is 30.0 Å². The summed E-state index contributed by atoms with van der Waals surface area (Å²) in [7, 11) is -0.770. The van der Waals surface area contributed by atoms with Crippen LogP contribution in [0.2, 0.25) is 0 Å². The molecule has 0 heterocycles. The molecule has 3 unspecified atom stereocenters. The lowest BCUT2D eigenvalue weighted by atomic mass is 10.00. The third-order valence-electron chi connectivity index (χ3n) is 3.62. The van der Waals surface area contributed by atoms with Crippen LogP contribution in [0.3, 0.4) is 0 Å². The smallest absolute Gasteiger partial charge is 0.0914 e. The molecule has 0 amide bonds. The predicted octanol–water partition coefficient (Wildman–Crippen LogP) is 2.59. The van der Waals surface area contributed by atoms with Crippen molar-refractivity contribution in [1.82, 2.24) is 5.32 Å². The van der Waals surface area contributed by atoms with E-state index >= 15 is 0 Å². The first kappa shape index (κ1) is 17.3. The van der Waals surface area contributed by atoms with Crippen molar-refractivity contribution in [2.45, 2.75) is 44.5 Å². The van der Waals surface area contributed by atoms with E-state index in [0.29, 0.717) is 12.5 Å². The number of aliphatic hydroxyl groups excluding tert-OH is 1. The summed E-state index contributed by atoms with van der Waals surface area (Å²) in [4.78, 5) is 0. The van der Waals surface area contributed by atoms with E-state index in [0.717, 1.165) is 18.5 Å². The molecule has 1 rings (SSSR count). The SMILES string of the molecule is CC(C)c1ccc(C(O)CNCCC(C)S(C)=O)cc1. The molecule has 20 heavy (non-hydrogen) atoms. The highest BCUT2D eigenvalue weighted by Crippen LogP contribution is 2.18. The fourth-order valence-corrected chi connectivity index (χ4v) is 2.38. The Morgan fingerprint density at radius 1 is 1.15 bits per heavy atom. The van der Waals surface area contributed by atoms with Gasteiger partial charge in [-0.15, -0.1) is 0 Å². The quantitative estimate of drug-likeness (QED) is 0.725. The minimum absolute atomic E-state index is 0.199. The van der Waals surface area contributed by atoms with Crippen LogP contribution >= 0.6 is 0 Å². The van der Waals surface area contributed by atoms with Crippen molar-refractivity contribution in [3.63, 3.8) is 0 Å². The van der Waals surface area contributed by atoms with Crippen LogP contribution in [-0.4, -0.2) is 33.9 Å². The average Bonchev–Trinajstić information content (AvgIpc) is 2.43. The highest BCUT2D eigenvalue weighted by molar-refractivity contribution is 7.84. The number of hydrogen-bond donors (Lipinski definition) is 2. The number of rotatable bonds is 8. The zero-order chi connectivity index (χ0) is 15.1. The lowest BCUT2D eigenvalue weighted by Gasteiger charge is -2.14. The zero-order valence-electron chi connectivity index (χ0n) is 12.9. The number of benzene rings is 1. The fraction of sp³-hybridized carbons (Fsp3) is 0.625. The Balaban J connectivity index is 2.35. The molecular weight excluding hydrogens is 270 g/mol. The highest BCUT2D eigenvalue weighted by atomic mass is 32.2. The molecule has 0 spiro atoms. The molecule has 0 saturated heterocycles. The second-order valence-corrected chi connectivity index (χ2v) is 7.44. The number of aliphatic hydroxyl groups is 1. The Morgan fingerprint density at radius 3 is 2.20 bits per heavy atom. The molecule has 0 aromatic heterocycles. The largest absolute Gasteiger partial charge is 0.387 e. The minimum Gasteiger partial charge on any atom is -0.387 e. The van der Waals surface area contributed by atoms with Gasteiger partial charge in [0.15, 0.2) is 0 Å². The topological polar surface area (TPSA) is 49.3 Å². The molecule has 3 atom stereocenters. The van der Waals surface area contributed by atoms with Gasteiger partial charge < -0.3 is 10.4 Å². The van der Waals surface area contributed by atoms with Gasteiger partial charge in [-0.25, -0.2) is 0 Å². The summed E-state index contributed by atoms with van der Waals surface area (Å²) in [6.45, 7) is 7.61. The molecule has 3 nitrogen and oxygen atoms in total. The van der Waals surface area contributed by atoms with Crippen molar-refractivity contribution in [1.29, 1.82) is 0 Å². The first-order valence-electron chi connectivity index (χ1n) is 7.22. The second kappa shape index (κ2) is 8.55. The van der Waals surface area contributed by atoms with Gasteiger partial charge in [0.05, 0.1) is 6.10 Å². The van der Waals surface area contributed by atoms with Gasteiger partial charge in [0.2, 0.25) is 0 Å². The first-order chi connectivity index (χ1) is 9.41. The number of hydrogen-bond acceptors (Lipinski definition) is 3.